The summed E-state index contributed by atoms with van der Waals surface area (Å²) in [6.07, 6.45) is 9.49. The molecular formula is C14H23N3O2. The lowest BCUT2D eigenvalue weighted by molar-refractivity contribution is 0.109. The predicted molar refractivity (Wildman–Crippen MR) is 70.5 cm³/mol. The first-order valence-electron chi connectivity index (χ1n) is 7.52. The van der Waals surface area contributed by atoms with Crippen LogP contribution in [0.5, 0.6) is 0 Å². The average molecular weight is 265 g/mol. The molecule has 0 spiro atoms. The van der Waals surface area contributed by atoms with Crippen LogP contribution in [0.25, 0.3) is 0 Å². The first kappa shape index (κ1) is 13.1. The number of rotatable bonds is 4. The molecule has 1 saturated heterocycles. The molecule has 0 bridgehead atoms. The van der Waals surface area contributed by atoms with Crippen LogP contribution < -0.4 is 5.73 Å². The largest absolute Gasteiger partial charge is 0.378 e. The summed E-state index contributed by atoms with van der Waals surface area (Å²) < 4.78 is 10.9. The van der Waals surface area contributed by atoms with Gasteiger partial charge in [-0.2, -0.15) is 4.98 Å². The van der Waals surface area contributed by atoms with E-state index in [0.717, 1.165) is 31.7 Å². The van der Waals surface area contributed by atoms with Crippen LogP contribution in [-0.2, 0) is 11.2 Å². The molecule has 106 valence electrons. The van der Waals surface area contributed by atoms with E-state index in [0.29, 0.717) is 11.8 Å². The lowest BCUT2D eigenvalue weighted by Crippen LogP contribution is -2.24. The van der Waals surface area contributed by atoms with Gasteiger partial charge in [0.25, 0.3) is 0 Å². The molecule has 1 aliphatic carbocycles. The monoisotopic (exact) mass is 265 g/mol. The third-order valence-corrected chi connectivity index (χ3v) is 4.36. The Labute approximate surface area is 113 Å². The van der Waals surface area contributed by atoms with Crippen molar-refractivity contribution in [2.75, 3.05) is 6.61 Å². The fourth-order valence-electron chi connectivity index (χ4n) is 3.19. The van der Waals surface area contributed by atoms with E-state index < -0.39 is 0 Å². The number of nitrogens with two attached hydrogens (primary N) is 1. The molecule has 1 aromatic rings. The van der Waals surface area contributed by atoms with Gasteiger partial charge in [0.05, 0.1) is 12.1 Å². The van der Waals surface area contributed by atoms with Crippen molar-refractivity contribution in [2.45, 2.75) is 63.5 Å². The normalized spacial score (nSPS) is 26.7. The number of aromatic nitrogens is 2. The van der Waals surface area contributed by atoms with Crippen LogP contribution in [0.1, 0.15) is 62.7 Å². The molecule has 2 atom stereocenters. The smallest absolute Gasteiger partial charge is 0.243 e. The van der Waals surface area contributed by atoms with Gasteiger partial charge in [-0.25, -0.2) is 0 Å². The van der Waals surface area contributed by atoms with E-state index in [1.54, 1.807) is 0 Å². The van der Waals surface area contributed by atoms with E-state index in [4.69, 9.17) is 15.0 Å². The molecule has 0 amide bonds. The van der Waals surface area contributed by atoms with Crippen molar-refractivity contribution in [3.8, 4) is 0 Å². The maximum Gasteiger partial charge on any atom is 0.243 e. The Balaban J connectivity index is 1.59. The third kappa shape index (κ3) is 3.15. The van der Waals surface area contributed by atoms with Crippen LogP contribution in [-0.4, -0.2) is 22.9 Å². The molecule has 0 aromatic carbocycles. The zero-order valence-electron chi connectivity index (χ0n) is 11.4. The van der Waals surface area contributed by atoms with E-state index in [2.05, 4.69) is 10.1 Å². The Morgan fingerprint density at radius 2 is 2.00 bits per heavy atom. The molecule has 1 aromatic heterocycles. The standard InChI is InChI=1S/C14H23N3O2/c15-13(10-5-2-1-3-6-10)14-16-12(17-19-14)9-11-7-4-8-18-11/h10-11,13H,1-9,15H2. The Kier molecular flexibility index (Phi) is 4.13. The van der Waals surface area contributed by atoms with Crippen molar-refractivity contribution in [3.05, 3.63) is 11.7 Å². The molecule has 1 saturated carbocycles. The quantitative estimate of drug-likeness (QED) is 0.904. The average Bonchev–Trinajstić information content (AvgIpc) is 3.11. The van der Waals surface area contributed by atoms with Gasteiger partial charge >= 0.3 is 0 Å². The maximum atomic E-state index is 6.26. The topological polar surface area (TPSA) is 74.2 Å². The fourth-order valence-corrected chi connectivity index (χ4v) is 3.19. The Bertz CT molecular complexity index is 395. The first-order valence-corrected chi connectivity index (χ1v) is 7.52. The minimum Gasteiger partial charge on any atom is -0.378 e. The summed E-state index contributed by atoms with van der Waals surface area (Å²) in [6, 6.07) is -0.0916. The molecule has 2 aliphatic rings. The molecular weight excluding hydrogens is 242 g/mol. The molecule has 2 unspecified atom stereocenters. The summed E-state index contributed by atoms with van der Waals surface area (Å²) in [5.41, 5.74) is 6.26. The molecule has 1 aliphatic heterocycles. The van der Waals surface area contributed by atoms with Gasteiger partial charge in [0.15, 0.2) is 5.82 Å². The Morgan fingerprint density at radius 1 is 1.16 bits per heavy atom. The lowest BCUT2D eigenvalue weighted by Gasteiger charge is -2.24. The molecule has 0 radical (unpaired) electrons. The number of ether oxygens (including phenoxy) is 1. The van der Waals surface area contributed by atoms with E-state index in [-0.39, 0.29) is 12.1 Å². The summed E-state index contributed by atoms with van der Waals surface area (Å²) in [7, 11) is 0. The summed E-state index contributed by atoms with van der Waals surface area (Å²) in [5.74, 6) is 1.86. The van der Waals surface area contributed by atoms with Crippen LogP contribution in [0, 0.1) is 5.92 Å². The Morgan fingerprint density at radius 3 is 2.74 bits per heavy atom. The summed E-state index contributed by atoms with van der Waals surface area (Å²) in [4.78, 5) is 4.47. The fraction of sp³-hybridized carbons (Fsp3) is 0.857. The molecule has 3 rings (SSSR count). The lowest BCUT2D eigenvalue weighted by atomic mass is 9.84. The van der Waals surface area contributed by atoms with Crippen molar-refractivity contribution in [3.63, 3.8) is 0 Å². The van der Waals surface area contributed by atoms with Crippen LogP contribution >= 0.6 is 0 Å². The van der Waals surface area contributed by atoms with Crippen LogP contribution in [0.4, 0.5) is 0 Å². The number of hydrogen-bond acceptors (Lipinski definition) is 5. The van der Waals surface area contributed by atoms with Crippen LogP contribution in [0.2, 0.25) is 0 Å². The highest BCUT2D eigenvalue weighted by atomic mass is 16.5. The van der Waals surface area contributed by atoms with Crippen LogP contribution in [0.15, 0.2) is 4.52 Å². The predicted octanol–water partition coefficient (Wildman–Crippen LogP) is 2.37. The second-order valence-corrected chi connectivity index (χ2v) is 5.81. The van der Waals surface area contributed by atoms with Gasteiger partial charge < -0.3 is 15.0 Å². The molecule has 5 nitrogen and oxygen atoms in total. The molecule has 19 heavy (non-hydrogen) atoms. The minimum absolute atomic E-state index is 0.0916. The van der Waals surface area contributed by atoms with Crippen molar-refractivity contribution in [1.82, 2.24) is 10.1 Å². The van der Waals surface area contributed by atoms with Gasteiger partial charge in [-0.15, -0.1) is 0 Å². The molecule has 2 fully saturated rings. The summed E-state index contributed by atoms with van der Waals surface area (Å²) in [6.45, 7) is 0.858. The van der Waals surface area contributed by atoms with Crippen molar-refractivity contribution >= 4 is 0 Å². The van der Waals surface area contributed by atoms with Crippen molar-refractivity contribution in [2.24, 2.45) is 11.7 Å². The van der Waals surface area contributed by atoms with E-state index >= 15 is 0 Å². The van der Waals surface area contributed by atoms with Gasteiger partial charge in [-0.3, -0.25) is 0 Å². The third-order valence-electron chi connectivity index (χ3n) is 4.36. The van der Waals surface area contributed by atoms with E-state index in [1.807, 2.05) is 0 Å². The summed E-state index contributed by atoms with van der Waals surface area (Å²) >= 11 is 0. The highest BCUT2D eigenvalue weighted by Crippen LogP contribution is 2.32. The van der Waals surface area contributed by atoms with Gasteiger partial charge in [0.2, 0.25) is 5.89 Å². The maximum absolute atomic E-state index is 6.26. The highest BCUT2D eigenvalue weighted by molar-refractivity contribution is 4.96. The first-order chi connectivity index (χ1) is 9.33. The van der Waals surface area contributed by atoms with Gasteiger partial charge in [-0.1, -0.05) is 24.4 Å². The zero-order valence-corrected chi connectivity index (χ0v) is 11.4. The Hall–Kier alpha value is -0.940. The summed E-state index contributed by atoms with van der Waals surface area (Å²) in [5, 5.41) is 4.05. The number of hydrogen-bond donors (Lipinski definition) is 1. The van der Waals surface area contributed by atoms with Gasteiger partial charge in [0, 0.05) is 13.0 Å². The zero-order chi connectivity index (χ0) is 13.1. The van der Waals surface area contributed by atoms with Gasteiger partial charge in [-0.05, 0) is 31.6 Å². The van der Waals surface area contributed by atoms with Gasteiger partial charge in [0.1, 0.15) is 0 Å². The second-order valence-electron chi connectivity index (χ2n) is 5.81. The minimum atomic E-state index is -0.0916. The highest BCUT2D eigenvalue weighted by Gasteiger charge is 2.27. The molecule has 2 N–H and O–H groups in total. The molecule has 5 heteroatoms. The van der Waals surface area contributed by atoms with Crippen molar-refractivity contribution < 1.29 is 9.26 Å². The van der Waals surface area contributed by atoms with Crippen molar-refractivity contribution in [1.29, 1.82) is 0 Å². The number of nitrogens with zero attached hydrogens (tertiary/aromatic N) is 2. The molecule has 2 heterocycles. The van der Waals surface area contributed by atoms with Crippen LogP contribution in [0.3, 0.4) is 0 Å². The SMILES string of the molecule is NC(c1nc(CC2CCCO2)no1)C1CCCCC1. The second kappa shape index (κ2) is 6.01. The van der Waals surface area contributed by atoms with E-state index in [1.165, 1.54) is 32.1 Å². The van der Waals surface area contributed by atoms with E-state index in [9.17, 15) is 0 Å².